The standard InChI is InChI=1S/C9H11BrN4O/c10-8-5-12-9-13-6(2-4-14(8)9)7(15)1-3-11/h2,4-5,7,15H,1,3,11H2. The average molecular weight is 271 g/mol. The molecule has 80 valence electrons. The number of halogens is 1. The molecule has 0 amide bonds. The van der Waals surface area contributed by atoms with E-state index in [2.05, 4.69) is 25.9 Å². The van der Waals surface area contributed by atoms with Crippen molar-refractivity contribution in [3.05, 3.63) is 28.8 Å². The lowest BCUT2D eigenvalue weighted by Gasteiger charge is -2.08. The first-order chi connectivity index (χ1) is 7.22. The number of nitrogens with zero attached hydrogens (tertiary/aromatic N) is 3. The van der Waals surface area contributed by atoms with Gasteiger partial charge in [0, 0.05) is 6.20 Å². The molecule has 0 aliphatic carbocycles. The van der Waals surface area contributed by atoms with Gasteiger partial charge in [-0.05, 0) is 35.0 Å². The summed E-state index contributed by atoms with van der Waals surface area (Å²) >= 11 is 3.34. The van der Waals surface area contributed by atoms with Crippen molar-refractivity contribution in [3.63, 3.8) is 0 Å². The van der Waals surface area contributed by atoms with Crippen LogP contribution < -0.4 is 5.73 Å². The summed E-state index contributed by atoms with van der Waals surface area (Å²) in [7, 11) is 0. The minimum Gasteiger partial charge on any atom is -0.387 e. The molecule has 2 rings (SSSR count). The maximum atomic E-state index is 9.70. The van der Waals surface area contributed by atoms with Gasteiger partial charge in [0.1, 0.15) is 4.60 Å². The molecule has 0 bridgehead atoms. The third-order valence-electron chi connectivity index (χ3n) is 2.14. The third-order valence-corrected chi connectivity index (χ3v) is 2.72. The van der Waals surface area contributed by atoms with E-state index in [0.29, 0.717) is 24.4 Å². The Hall–Kier alpha value is -0.980. The predicted molar refractivity (Wildman–Crippen MR) is 59.3 cm³/mol. The highest BCUT2D eigenvalue weighted by atomic mass is 79.9. The molecule has 6 heteroatoms. The van der Waals surface area contributed by atoms with Crippen LogP contribution in [-0.2, 0) is 0 Å². The molecule has 0 saturated heterocycles. The zero-order valence-corrected chi connectivity index (χ0v) is 9.55. The molecule has 0 spiro atoms. The number of aliphatic hydroxyl groups is 1. The smallest absolute Gasteiger partial charge is 0.234 e. The number of hydrogen-bond donors (Lipinski definition) is 2. The van der Waals surface area contributed by atoms with Crippen LogP contribution >= 0.6 is 15.9 Å². The van der Waals surface area contributed by atoms with E-state index in [0.717, 1.165) is 4.60 Å². The lowest BCUT2D eigenvalue weighted by Crippen LogP contribution is -2.08. The number of aliphatic hydroxyl groups excluding tert-OH is 1. The number of nitrogens with two attached hydrogens (primary N) is 1. The first-order valence-corrected chi connectivity index (χ1v) is 5.39. The normalized spacial score (nSPS) is 13.3. The zero-order chi connectivity index (χ0) is 10.8. The summed E-state index contributed by atoms with van der Waals surface area (Å²) in [6.45, 7) is 0.437. The minimum atomic E-state index is -0.615. The van der Waals surface area contributed by atoms with Crippen LogP contribution in [-0.4, -0.2) is 26.0 Å². The van der Waals surface area contributed by atoms with Crippen molar-refractivity contribution in [3.8, 4) is 0 Å². The summed E-state index contributed by atoms with van der Waals surface area (Å²) in [6, 6.07) is 1.76. The summed E-state index contributed by atoms with van der Waals surface area (Å²) in [6.07, 6.45) is 3.37. The molecule has 0 aliphatic heterocycles. The van der Waals surface area contributed by atoms with Gasteiger partial charge in [-0.25, -0.2) is 9.97 Å². The minimum absolute atomic E-state index is 0.437. The Morgan fingerprint density at radius 1 is 1.60 bits per heavy atom. The molecule has 0 fully saturated rings. The van der Waals surface area contributed by atoms with Crippen molar-refractivity contribution >= 4 is 21.7 Å². The van der Waals surface area contributed by atoms with E-state index in [1.54, 1.807) is 16.7 Å². The highest BCUT2D eigenvalue weighted by Gasteiger charge is 2.10. The lowest BCUT2D eigenvalue weighted by molar-refractivity contribution is 0.165. The van der Waals surface area contributed by atoms with Gasteiger partial charge in [-0.1, -0.05) is 0 Å². The molecular formula is C9H11BrN4O. The van der Waals surface area contributed by atoms with Gasteiger partial charge in [0.05, 0.1) is 18.0 Å². The maximum Gasteiger partial charge on any atom is 0.234 e. The Balaban J connectivity index is 2.38. The van der Waals surface area contributed by atoms with Gasteiger partial charge in [-0.15, -0.1) is 0 Å². The number of hydrogen-bond acceptors (Lipinski definition) is 4. The van der Waals surface area contributed by atoms with E-state index in [1.807, 2.05) is 6.20 Å². The van der Waals surface area contributed by atoms with Gasteiger partial charge in [-0.3, -0.25) is 4.40 Å². The molecule has 2 aromatic heterocycles. The van der Waals surface area contributed by atoms with Crippen LogP contribution in [0.15, 0.2) is 23.1 Å². The van der Waals surface area contributed by atoms with Crippen LogP contribution in [0.5, 0.6) is 0 Å². The van der Waals surface area contributed by atoms with E-state index >= 15 is 0 Å². The van der Waals surface area contributed by atoms with Crippen molar-refractivity contribution in [2.75, 3.05) is 6.54 Å². The fourth-order valence-electron chi connectivity index (χ4n) is 1.35. The van der Waals surface area contributed by atoms with Gasteiger partial charge < -0.3 is 10.8 Å². The van der Waals surface area contributed by atoms with Gasteiger partial charge in [0.2, 0.25) is 5.78 Å². The summed E-state index contributed by atoms with van der Waals surface area (Å²) in [5, 5.41) is 9.70. The second-order valence-corrected chi connectivity index (χ2v) is 4.01. The second-order valence-electron chi connectivity index (χ2n) is 3.20. The van der Waals surface area contributed by atoms with E-state index in [1.165, 1.54) is 0 Å². The summed E-state index contributed by atoms with van der Waals surface area (Å²) < 4.78 is 2.63. The molecule has 0 radical (unpaired) electrons. The topological polar surface area (TPSA) is 76.4 Å². The predicted octanol–water partition coefficient (Wildman–Crippen LogP) is 0.874. The Morgan fingerprint density at radius 2 is 2.40 bits per heavy atom. The Morgan fingerprint density at radius 3 is 3.13 bits per heavy atom. The van der Waals surface area contributed by atoms with Crippen molar-refractivity contribution in [2.45, 2.75) is 12.5 Å². The van der Waals surface area contributed by atoms with E-state index in [4.69, 9.17) is 5.73 Å². The lowest BCUT2D eigenvalue weighted by atomic mass is 10.2. The first kappa shape index (κ1) is 10.5. The number of imidazole rings is 1. The summed E-state index contributed by atoms with van der Waals surface area (Å²) in [4.78, 5) is 8.31. The third kappa shape index (κ3) is 2.01. The van der Waals surface area contributed by atoms with Crippen LogP contribution in [0.25, 0.3) is 5.78 Å². The van der Waals surface area contributed by atoms with Crippen molar-refractivity contribution in [1.29, 1.82) is 0 Å². The van der Waals surface area contributed by atoms with Crippen LogP contribution in [0.4, 0.5) is 0 Å². The van der Waals surface area contributed by atoms with Crippen molar-refractivity contribution in [2.24, 2.45) is 5.73 Å². The SMILES string of the molecule is NCCC(O)c1ccn2c(Br)cnc2n1. The molecule has 1 atom stereocenters. The van der Waals surface area contributed by atoms with Crippen LogP contribution in [0.3, 0.4) is 0 Å². The molecule has 2 heterocycles. The number of aromatic nitrogens is 3. The highest BCUT2D eigenvalue weighted by Crippen LogP contribution is 2.16. The molecule has 2 aromatic rings. The van der Waals surface area contributed by atoms with Gasteiger partial charge in [0.15, 0.2) is 0 Å². The van der Waals surface area contributed by atoms with Crippen molar-refractivity contribution in [1.82, 2.24) is 14.4 Å². The number of rotatable bonds is 3. The van der Waals surface area contributed by atoms with Gasteiger partial charge in [0.25, 0.3) is 0 Å². The van der Waals surface area contributed by atoms with Crippen LogP contribution in [0.2, 0.25) is 0 Å². The van der Waals surface area contributed by atoms with E-state index < -0.39 is 6.10 Å². The summed E-state index contributed by atoms with van der Waals surface area (Å²) in [5.74, 6) is 0.565. The van der Waals surface area contributed by atoms with Gasteiger partial charge in [-0.2, -0.15) is 0 Å². The molecule has 15 heavy (non-hydrogen) atoms. The Bertz CT molecular complexity index is 470. The molecule has 0 aliphatic rings. The average Bonchev–Trinajstić information content (AvgIpc) is 2.60. The molecule has 0 saturated carbocycles. The quantitative estimate of drug-likeness (QED) is 0.868. The fourth-order valence-corrected chi connectivity index (χ4v) is 1.73. The van der Waals surface area contributed by atoms with Crippen molar-refractivity contribution < 1.29 is 5.11 Å². The molecule has 1 unspecified atom stereocenters. The van der Waals surface area contributed by atoms with E-state index in [-0.39, 0.29) is 0 Å². The maximum absolute atomic E-state index is 9.70. The van der Waals surface area contributed by atoms with E-state index in [9.17, 15) is 5.11 Å². The van der Waals surface area contributed by atoms with Crippen LogP contribution in [0.1, 0.15) is 18.2 Å². The first-order valence-electron chi connectivity index (χ1n) is 4.60. The molecule has 3 N–H and O–H groups in total. The summed E-state index contributed by atoms with van der Waals surface area (Å²) in [5.41, 5.74) is 5.97. The molecular weight excluding hydrogens is 260 g/mol. The Kier molecular flexibility index (Phi) is 2.99. The zero-order valence-electron chi connectivity index (χ0n) is 7.97. The fraction of sp³-hybridized carbons (Fsp3) is 0.333. The Labute approximate surface area is 95.1 Å². The van der Waals surface area contributed by atoms with Crippen LogP contribution in [0, 0.1) is 0 Å². The second kappa shape index (κ2) is 4.26. The highest BCUT2D eigenvalue weighted by molar-refractivity contribution is 9.10. The monoisotopic (exact) mass is 270 g/mol. The largest absolute Gasteiger partial charge is 0.387 e. The number of fused-ring (bicyclic) bond motifs is 1. The molecule has 0 aromatic carbocycles. The van der Waals surface area contributed by atoms with Gasteiger partial charge >= 0.3 is 0 Å². The molecule has 5 nitrogen and oxygen atoms in total.